The fourth-order valence-corrected chi connectivity index (χ4v) is 1.59. The SMILES string of the molecule is O=[N+]([O-])c1ccc(CCCc2nc[nH]n2)cc1. The van der Waals surface area contributed by atoms with E-state index in [9.17, 15) is 10.1 Å². The lowest BCUT2D eigenvalue weighted by Crippen LogP contribution is -1.93. The lowest BCUT2D eigenvalue weighted by molar-refractivity contribution is -0.384. The number of hydrogen-bond acceptors (Lipinski definition) is 4. The first-order valence-electron chi connectivity index (χ1n) is 5.33. The molecule has 1 aromatic carbocycles. The molecule has 1 aromatic heterocycles. The molecule has 2 rings (SSSR count). The van der Waals surface area contributed by atoms with E-state index >= 15 is 0 Å². The molecule has 0 aliphatic rings. The van der Waals surface area contributed by atoms with Gasteiger partial charge in [-0.1, -0.05) is 12.1 Å². The molecule has 0 fully saturated rings. The van der Waals surface area contributed by atoms with E-state index in [-0.39, 0.29) is 5.69 Å². The van der Waals surface area contributed by atoms with Crippen molar-refractivity contribution in [2.75, 3.05) is 0 Å². The van der Waals surface area contributed by atoms with Gasteiger partial charge in [-0.15, -0.1) is 0 Å². The van der Waals surface area contributed by atoms with Crippen LogP contribution >= 0.6 is 0 Å². The molecule has 0 atom stereocenters. The fourth-order valence-electron chi connectivity index (χ4n) is 1.59. The summed E-state index contributed by atoms with van der Waals surface area (Å²) in [6, 6.07) is 6.64. The first-order chi connectivity index (χ1) is 8.25. The molecule has 17 heavy (non-hydrogen) atoms. The first-order valence-corrected chi connectivity index (χ1v) is 5.33. The molecule has 0 aliphatic carbocycles. The van der Waals surface area contributed by atoms with E-state index in [4.69, 9.17) is 0 Å². The van der Waals surface area contributed by atoms with Crippen LogP contribution in [0.3, 0.4) is 0 Å². The number of nitrogens with one attached hydrogen (secondary N) is 1. The molecule has 1 N–H and O–H groups in total. The highest BCUT2D eigenvalue weighted by Crippen LogP contribution is 2.13. The summed E-state index contributed by atoms with van der Waals surface area (Å²) in [5.74, 6) is 0.798. The molecular weight excluding hydrogens is 220 g/mol. The highest BCUT2D eigenvalue weighted by atomic mass is 16.6. The third-order valence-corrected chi connectivity index (χ3v) is 2.48. The molecule has 6 nitrogen and oxygen atoms in total. The number of benzene rings is 1. The summed E-state index contributed by atoms with van der Waals surface area (Å²) < 4.78 is 0. The van der Waals surface area contributed by atoms with Gasteiger partial charge in [0, 0.05) is 18.6 Å². The van der Waals surface area contributed by atoms with E-state index < -0.39 is 4.92 Å². The van der Waals surface area contributed by atoms with Crippen LogP contribution in [0.1, 0.15) is 17.8 Å². The first kappa shape index (κ1) is 11.3. The minimum Gasteiger partial charge on any atom is -0.266 e. The van der Waals surface area contributed by atoms with Crippen molar-refractivity contribution < 1.29 is 4.92 Å². The van der Waals surface area contributed by atoms with Gasteiger partial charge in [-0.2, -0.15) is 5.10 Å². The van der Waals surface area contributed by atoms with Gasteiger partial charge in [-0.05, 0) is 18.4 Å². The van der Waals surface area contributed by atoms with Crippen molar-refractivity contribution in [3.8, 4) is 0 Å². The Morgan fingerprint density at radius 1 is 1.24 bits per heavy atom. The van der Waals surface area contributed by atoms with E-state index in [0.717, 1.165) is 30.7 Å². The van der Waals surface area contributed by atoms with Gasteiger partial charge in [0.25, 0.3) is 5.69 Å². The molecular formula is C11H12N4O2. The van der Waals surface area contributed by atoms with Crippen molar-refractivity contribution >= 4 is 5.69 Å². The number of aromatic amines is 1. The fraction of sp³-hybridized carbons (Fsp3) is 0.273. The number of aromatic nitrogens is 3. The number of H-pyrrole nitrogens is 1. The number of hydrogen-bond donors (Lipinski definition) is 1. The normalized spacial score (nSPS) is 10.4. The summed E-state index contributed by atoms with van der Waals surface area (Å²) in [5.41, 5.74) is 1.22. The molecule has 0 saturated heterocycles. The molecule has 2 aromatic rings. The zero-order valence-electron chi connectivity index (χ0n) is 9.17. The Morgan fingerprint density at radius 3 is 2.59 bits per heavy atom. The van der Waals surface area contributed by atoms with Gasteiger partial charge in [-0.3, -0.25) is 15.2 Å². The number of nitro groups is 1. The molecule has 88 valence electrons. The molecule has 0 saturated carbocycles. The highest BCUT2D eigenvalue weighted by molar-refractivity contribution is 5.32. The third kappa shape index (κ3) is 3.10. The smallest absolute Gasteiger partial charge is 0.266 e. The summed E-state index contributed by atoms with van der Waals surface area (Å²) in [4.78, 5) is 14.1. The van der Waals surface area contributed by atoms with Gasteiger partial charge in [0.1, 0.15) is 12.2 Å². The van der Waals surface area contributed by atoms with E-state index in [1.54, 1.807) is 18.5 Å². The van der Waals surface area contributed by atoms with Crippen molar-refractivity contribution in [1.82, 2.24) is 15.2 Å². The van der Waals surface area contributed by atoms with Gasteiger partial charge in [0.05, 0.1) is 4.92 Å². The average Bonchev–Trinajstić information content (AvgIpc) is 2.83. The second kappa shape index (κ2) is 5.20. The molecule has 0 radical (unpaired) electrons. The van der Waals surface area contributed by atoms with Crippen LogP contribution in [0.4, 0.5) is 5.69 Å². The van der Waals surface area contributed by atoms with Crippen LogP contribution in [-0.4, -0.2) is 20.1 Å². The minimum atomic E-state index is -0.391. The maximum atomic E-state index is 10.5. The quantitative estimate of drug-likeness (QED) is 0.630. The van der Waals surface area contributed by atoms with E-state index in [2.05, 4.69) is 15.2 Å². The number of rotatable bonds is 5. The molecule has 1 heterocycles. The largest absolute Gasteiger partial charge is 0.269 e. The predicted molar refractivity (Wildman–Crippen MR) is 61.5 cm³/mol. The van der Waals surface area contributed by atoms with Crippen LogP contribution < -0.4 is 0 Å². The number of nitrogens with zero attached hydrogens (tertiary/aromatic N) is 3. The lowest BCUT2D eigenvalue weighted by atomic mass is 10.1. The van der Waals surface area contributed by atoms with Crippen LogP contribution in [0.2, 0.25) is 0 Å². The number of non-ortho nitro benzene ring substituents is 1. The van der Waals surface area contributed by atoms with E-state index in [1.807, 2.05) is 0 Å². The van der Waals surface area contributed by atoms with Crippen molar-refractivity contribution in [1.29, 1.82) is 0 Å². The zero-order chi connectivity index (χ0) is 12.1. The van der Waals surface area contributed by atoms with Crippen molar-refractivity contribution in [2.45, 2.75) is 19.3 Å². The molecule has 0 spiro atoms. The molecule has 6 heteroatoms. The van der Waals surface area contributed by atoms with Crippen LogP contribution in [0.15, 0.2) is 30.6 Å². The molecule has 0 bridgehead atoms. The monoisotopic (exact) mass is 232 g/mol. The Balaban J connectivity index is 1.85. The molecule has 0 amide bonds. The summed E-state index contributed by atoms with van der Waals surface area (Å²) >= 11 is 0. The Labute approximate surface area is 97.9 Å². The van der Waals surface area contributed by atoms with Crippen LogP contribution in [0, 0.1) is 10.1 Å². The lowest BCUT2D eigenvalue weighted by Gasteiger charge is -1.99. The Kier molecular flexibility index (Phi) is 3.44. The van der Waals surface area contributed by atoms with Gasteiger partial charge in [0.15, 0.2) is 0 Å². The number of nitro benzene ring substituents is 1. The Morgan fingerprint density at radius 2 is 2.00 bits per heavy atom. The van der Waals surface area contributed by atoms with E-state index in [0.29, 0.717) is 0 Å². The third-order valence-electron chi connectivity index (χ3n) is 2.48. The summed E-state index contributed by atoms with van der Waals surface area (Å²) in [5, 5.41) is 17.1. The van der Waals surface area contributed by atoms with Gasteiger partial charge < -0.3 is 0 Å². The number of aryl methyl sites for hydroxylation is 2. The zero-order valence-corrected chi connectivity index (χ0v) is 9.17. The Bertz CT molecular complexity index is 479. The summed E-state index contributed by atoms with van der Waals surface area (Å²) in [6.07, 6.45) is 4.16. The van der Waals surface area contributed by atoms with Crippen LogP contribution in [0.25, 0.3) is 0 Å². The standard InChI is InChI=1S/C11H12N4O2/c16-15(17)10-6-4-9(5-7-10)2-1-3-11-12-8-13-14-11/h4-8H,1-3H2,(H,12,13,14). The van der Waals surface area contributed by atoms with Gasteiger partial charge in [-0.25, -0.2) is 4.98 Å². The topological polar surface area (TPSA) is 84.7 Å². The minimum absolute atomic E-state index is 0.128. The highest BCUT2D eigenvalue weighted by Gasteiger charge is 2.04. The second-order valence-corrected chi connectivity index (χ2v) is 3.69. The van der Waals surface area contributed by atoms with Crippen molar-refractivity contribution in [2.24, 2.45) is 0 Å². The van der Waals surface area contributed by atoms with Crippen molar-refractivity contribution in [3.05, 3.63) is 52.1 Å². The second-order valence-electron chi connectivity index (χ2n) is 3.69. The van der Waals surface area contributed by atoms with Gasteiger partial charge >= 0.3 is 0 Å². The van der Waals surface area contributed by atoms with Gasteiger partial charge in [0.2, 0.25) is 0 Å². The maximum Gasteiger partial charge on any atom is 0.269 e. The van der Waals surface area contributed by atoms with E-state index in [1.165, 1.54) is 12.1 Å². The van der Waals surface area contributed by atoms with Crippen molar-refractivity contribution in [3.63, 3.8) is 0 Å². The van der Waals surface area contributed by atoms with Crippen LogP contribution in [0.5, 0.6) is 0 Å². The maximum absolute atomic E-state index is 10.5. The average molecular weight is 232 g/mol. The summed E-state index contributed by atoms with van der Waals surface area (Å²) in [6.45, 7) is 0. The molecule has 0 aliphatic heterocycles. The predicted octanol–water partition coefficient (Wildman–Crippen LogP) is 1.89. The molecule has 0 unspecified atom stereocenters. The Hall–Kier alpha value is -2.24. The summed E-state index contributed by atoms with van der Waals surface area (Å²) in [7, 11) is 0. The van der Waals surface area contributed by atoms with Crippen LogP contribution in [-0.2, 0) is 12.8 Å².